The van der Waals surface area contributed by atoms with Crippen molar-refractivity contribution in [1.82, 2.24) is 10.3 Å². The fourth-order valence-electron chi connectivity index (χ4n) is 4.43. The van der Waals surface area contributed by atoms with Gasteiger partial charge in [0, 0.05) is 34.3 Å². The van der Waals surface area contributed by atoms with Crippen LogP contribution in [0.1, 0.15) is 48.7 Å². The smallest absolute Gasteiger partial charge is 0.251 e. The average molecular weight is 459 g/mol. The van der Waals surface area contributed by atoms with E-state index in [-0.39, 0.29) is 38.8 Å². The molecule has 0 saturated carbocycles. The van der Waals surface area contributed by atoms with Gasteiger partial charge in [0.25, 0.3) is 5.91 Å². The van der Waals surface area contributed by atoms with Crippen LogP contribution in [-0.4, -0.2) is 25.1 Å². The summed E-state index contributed by atoms with van der Waals surface area (Å²) in [7, 11) is -3.90. The lowest BCUT2D eigenvalue weighted by atomic mass is 10.0. The van der Waals surface area contributed by atoms with E-state index in [1.165, 1.54) is 35.9 Å². The van der Waals surface area contributed by atoms with E-state index >= 15 is 0 Å². The van der Waals surface area contributed by atoms with Gasteiger partial charge in [0.05, 0.1) is 15.3 Å². The fraction of sp³-hybridized carbons (Fsp3) is 0.154. The zero-order chi connectivity index (χ0) is 23.5. The Morgan fingerprint density at radius 2 is 1.67 bits per heavy atom. The molecule has 0 atom stereocenters. The Hall–Kier alpha value is -3.71. The molecule has 33 heavy (non-hydrogen) atoms. The van der Waals surface area contributed by atoms with Crippen molar-refractivity contribution in [3.8, 4) is 0 Å². The van der Waals surface area contributed by atoms with Crippen molar-refractivity contribution in [1.29, 1.82) is 0 Å². The number of hydrogen-bond donors (Lipinski definition) is 2. The van der Waals surface area contributed by atoms with Crippen LogP contribution in [0.2, 0.25) is 0 Å². The second-order valence-corrected chi connectivity index (χ2v) is 10.3. The van der Waals surface area contributed by atoms with Crippen molar-refractivity contribution in [3.05, 3.63) is 93.7 Å². The largest absolute Gasteiger partial charge is 0.358 e. The number of H-pyrrole nitrogens is 1. The predicted octanol–water partition coefficient (Wildman–Crippen LogP) is 4.40. The molecule has 6 nitrogen and oxygen atoms in total. The molecule has 2 heterocycles. The number of fused-ring (bicyclic) bond motifs is 3. The molecule has 0 spiro atoms. The van der Waals surface area contributed by atoms with E-state index < -0.39 is 15.7 Å². The zero-order valence-electron chi connectivity index (χ0n) is 18.4. The van der Waals surface area contributed by atoms with E-state index in [0.717, 1.165) is 27.7 Å². The molecule has 5 rings (SSSR count). The van der Waals surface area contributed by atoms with Crippen molar-refractivity contribution in [3.63, 3.8) is 0 Å². The van der Waals surface area contributed by atoms with Gasteiger partial charge < -0.3 is 10.3 Å². The number of hydrogen-bond acceptors (Lipinski definition) is 4. The molecule has 0 fully saturated rings. The predicted molar refractivity (Wildman–Crippen MR) is 125 cm³/mol. The van der Waals surface area contributed by atoms with Gasteiger partial charge in [-0.2, -0.15) is 0 Å². The molecule has 4 aromatic rings. The lowest BCUT2D eigenvalue weighted by Gasteiger charge is -2.19. The van der Waals surface area contributed by atoms with E-state index in [9.17, 15) is 18.0 Å². The van der Waals surface area contributed by atoms with Crippen molar-refractivity contribution in [2.45, 2.75) is 37.1 Å². The summed E-state index contributed by atoms with van der Waals surface area (Å²) in [6.07, 6.45) is 0. The first kappa shape index (κ1) is 21.2. The minimum absolute atomic E-state index is 0.0281. The standard InChI is InChI=1S/C26H22N2O4S/c1-14-10-18(24-21(11-14)15(2)16(3)28-24)13-27-26(30)17-8-9-20-23(12-17)33(31,32)22-7-5-4-6-19(22)25(20)29/h4-12,28H,13H2,1-3H3,(H,27,30). The third-order valence-corrected chi connectivity index (χ3v) is 8.13. The molecule has 7 heteroatoms. The van der Waals surface area contributed by atoms with E-state index in [1.54, 1.807) is 12.1 Å². The number of sulfone groups is 1. The second-order valence-electron chi connectivity index (χ2n) is 8.44. The molecule has 0 radical (unpaired) electrons. The Morgan fingerprint density at radius 1 is 0.939 bits per heavy atom. The van der Waals surface area contributed by atoms with Gasteiger partial charge in [-0.15, -0.1) is 0 Å². The van der Waals surface area contributed by atoms with Gasteiger partial charge in [0.15, 0.2) is 5.78 Å². The summed E-state index contributed by atoms with van der Waals surface area (Å²) in [5.74, 6) is -0.768. The van der Waals surface area contributed by atoms with E-state index in [4.69, 9.17) is 0 Å². The van der Waals surface area contributed by atoms with E-state index in [2.05, 4.69) is 23.3 Å². The molecule has 166 valence electrons. The van der Waals surface area contributed by atoms with Crippen molar-refractivity contribution in [2.75, 3.05) is 0 Å². The highest BCUT2D eigenvalue weighted by atomic mass is 32.2. The number of rotatable bonds is 3. The Labute approximate surface area is 191 Å². The van der Waals surface area contributed by atoms with Gasteiger partial charge in [-0.1, -0.05) is 23.8 Å². The number of aryl methyl sites for hydroxylation is 3. The molecule has 1 aliphatic heterocycles. The van der Waals surface area contributed by atoms with Gasteiger partial charge in [0.1, 0.15) is 0 Å². The maximum absolute atomic E-state index is 13.1. The number of aromatic amines is 1. The van der Waals surface area contributed by atoms with Gasteiger partial charge >= 0.3 is 0 Å². The summed E-state index contributed by atoms with van der Waals surface area (Å²) < 4.78 is 26.3. The van der Waals surface area contributed by atoms with Crippen LogP contribution in [-0.2, 0) is 16.4 Å². The Balaban J connectivity index is 1.47. The van der Waals surface area contributed by atoms with Crippen LogP contribution in [0.15, 0.2) is 64.4 Å². The topological polar surface area (TPSA) is 96.1 Å². The highest BCUT2D eigenvalue weighted by molar-refractivity contribution is 7.91. The summed E-state index contributed by atoms with van der Waals surface area (Å²) in [5.41, 5.74) is 5.69. The summed E-state index contributed by atoms with van der Waals surface area (Å²) in [6.45, 7) is 6.36. The number of benzene rings is 3. The lowest BCUT2D eigenvalue weighted by molar-refractivity contribution is 0.0949. The first-order valence-corrected chi connectivity index (χ1v) is 12.1. The molecule has 0 unspecified atom stereocenters. The molecule has 3 aromatic carbocycles. The Kier molecular flexibility index (Phi) is 4.76. The number of carbonyl (C=O) groups excluding carboxylic acids is 2. The number of nitrogens with one attached hydrogen (secondary N) is 2. The second kappa shape index (κ2) is 7.42. The number of carbonyl (C=O) groups is 2. The molecule has 2 N–H and O–H groups in total. The molecule has 1 aliphatic rings. The van der Waals surface area contributed by atoms with Crippen LogP contribution in [0.5, 0.6) is 0 Å². The summed E-state index contributed by atoms with van der Waals surface area (Å²) in [5, 5.41) is 4.01. The van der Waals surface area contributed by atoms with Crippen LogP contribution >= 0.6 is 0 Å². The molecule has 0 aliphatic carbocycles. The van der Waals surface area contributed by atoms with Crippen molar-refractivity contribution >= 4 is 32.4 Å². The first-order chi connectivity index (χ1) is 15.7. The molecule has 1 aromatic heterocycles. The minimum atomic E-state index is -3.90. The van der Waals surface area contributed by atoms with Crippen LogP contribution in [0, 0.1) is 20.8 Å². The maximum Gasteiger partial charge on any atom is 0.251 e. The van der Waals surface area contributed by atoms with Gasteiger partial charge in [-0.3, -0.25) is 9.59 Å². The molecular weight excluding hydrogens is 436 g/mol. The molecule has 1 amide bonds. The monoisotopic (exact) mass is 458 g/mol. The number of aromatic nitrogens is 1. The quantitative estimate of drug-likeness (QED) is 0.419. The first-order valence-electron chi connectivity index (χ1n) is 10.6. The number of amides is 1. The third-order valence-electron chi connectivity index (χ3n) is 6.28. The van der Waals surface area contributed by atoms with Crippen LogP contribution in [0.3, 0.4) is 0 Å². The Bertz CT molecular complexity index is 1600. The summed E-state index contributed by atoms with van der Waals surface area (Å²) >= 11 is 0. The third kappa shape index (κ3) is 3.27. The van der Waals surface area contributed by atoms with Gasteiger partial charge in [-0.05, 0) is 68.3 Å². The van der Waals surface area contributed by atoms with Gasteiger partial charge in [0.2, 0.25) is 9.84 Å². The van der Waals surface area contributed by atoms with Crippen LogP contribution in [0.25, 0.3) is 10.9 Å². The van der Waals surface area contributed by atoms with E-state index in [1.807, 2.05) is 19.9 Å². The normalized spacial score (nSPS) is 14.1. The summed E-state index contributed by atoms with van der Waals surface area (Å²) in [4.78, 5) is 29.0. The Morgan fingerprint density at radius 3 is 2.45 bits per heavy atom. The lowest BCUT2D eigenvalue weighted by Crippen LogP contribution is -2.25. The van der Waals surface area contributed by atoms with Crippen LogP contribution in [0.4, 0.5) is 0 Å². The molecule has 0 saturated heterocycles. The highest BCUT2D eigenvalue weighted by Gasteiger charge is 2.35. The SMILES string of the molecule is Cc1cc(CNC(=O)c2ccc3c(c2)S(=O)(=O)c2ccccc2C3=O)c2[nH]c(C)c(C)c2c1. The van der Waals surface area contributed by atoms with Crippen LogP contribution < -0.4 is 5.32 Å². The fourth-order valence-corrected chi connectivity index (χ4v) is 6.11. The van der Waals surface area contributed by atoms with Crippen molar-refractivity contribution in [2.24, 2.45) is 0 Å². The van der Waals surface area contributed by atoms with Crippen molar-refractivity contribution < 1.29 is 18.0 Å². The highest BCUT2D eigenvalue weighted by Crippen LogP contribution is 2.34. The zero-order valence-corrected chi connectivity index (χ0v) is 19.3. The minimum Gasteiger partial charge on any atom is -0.358 e. The van der Waals surface area contributed by atoms with E-state index in [0.29, 0.717) is 0 Å². The molecular formula is C26H22N2O4S. The summed E-state index contributed by atoms with van der Waals surface area (Å²) in [6, 6.07) is 14.5. The maximum atomic E-state index is 13.1. The van der Waals surface area contributed by atoms with Gasteiger partial charge in [-0.25, -0.2) is 8.42 Å². The average Bonchev–Trinajstić information content (AvgIpc) is 3.09. The number of ketones is 1. The molecule has 0 bridgehead atoms.